The molecule has 1 unspecified atom stereocenters. The third-order valence-electron chi connectivity index (χ3n) is 3.00. The molecule has 0 amide bonds. The van der Waals surface area contributed by atoms with Gasteiger partial charge in [-0.3, -0.25) is 4.90 Å². The molecule has 1 aliphatic heterocycles. The molecular weight excluding hydrogens is 160 g/mol. The molecule has 0 aromatic carbocycles. The summed E-state index contributed by atoms with van der Waals surface area (Å²) in [5.74, 6) is 1.72. The Bertz CT molecular complexity index is 152. The molecule has 1 rings (SSSR count). The molecule has 1 atom stereocenters. The molecule has 2 nitrogen and oxygen atoms in total. The molecule has 0 bridgehead atoms. The highest BCUT2D eigenvalue weighted by Crippen LogP contribution is 2.16. The number of nitrogens with zero attached hydrogens (tertiary/aromatic N) is 1. The summed E-state index contributed by atoms with van der Waals surface area (Å²) in [6.07, 6.45) is 2.00. The summed E-state index contributed by atoms with van der Waals surface area (Å²) < 4.78 is 0. The van der Waals surface area contributed by atoms with Crippen molar-refractivity contribution in [2.24, 2.45) is 11.8 Å². The first-order valence-corrected chi connectivity index (χ1v) is 5.31. The summed E-state index contributed by atoms with van der Waals surface area (Å²) in [6.45, 7) is 14.2. The SMILES string of the molecule is C=CCN(CC)CC(C)C1CNC1. The van der Waals surface area contributed by atoms with Crippen molar-refractivity contribution in [2.75, 3.05) is 32.7 Å². The van der Waals surface area contributed by atoms with Gasteiger partial charge in [0, 0.05) is 13.1 Å². The second-order valence-electron chi connectivity index (χ2n) is 4.04. The number of rotatable bonds is 6. The van der Waals surface area contributed by atoms with Crippen molar-refractivity contribution in [3.05, 3.63) is 12.7 Å². The monoisotopic (exact) mass is 182 g/mol. The fourth-order valence-corrected chi connectivity index (χ4v) is 1.79. The Hall–Kier alpha value is -0.340. The van der Waals surface area contributed by atoms with Crippen molar-refractivity contribution >= 4 is 0 Å². The minimum atomic E-state index is 0.821. The second kappa shape index (κ2) is 5.40. The Morgan fingerprint density at radius 3 is 2.69 bits per heavy atom. The first kappa shape index (κ1) is 10.7. The average molecular weight is 182 g/mol. The molecule has 1 saturated heterocycles. The lowest BCUT2D eigenvalue weighted by atomic mass is 9.88. The van der Waals surface area contributed by atoms with Crippen LogP contribution in [-0.2, 0) is 0 Å². The van der Waals surface area contributed by atoms with Crippen molar-refractivity contribution in [3.63, 3.8) is 0 Å². The van der Waals surface area contributed by atoms with E-state index in [9.17, 15) is 0 Å². The van der Waals surface area contributed by atoms with Gasteiger partial charge in [0.15, 0.2) is 0 Å². The summed E-state index contributed by atoms with van der Waals surface area (Å²) in [5.41, 5.74) is 0. The van der Waals surface area contributed by atoms with Crippen LogP contribution < -0.4 is 5.32 Å². The van der Waals surface area contributed by atoms with E-state index in [1.54, 1.807) is 0 Å². The fourth-order valence-electron chi connectivity index (χ4n) is 1.79. The second-order valence-corrected chi connectivity index (χ2v) is 4.04. The molecule has 0 aromatic rings. The van der Waals surface area contributed by atoms with Crippen LogP contribution in [0.1, 0.15) is 13.8 Å². The predicted octanol–water partition coefficient (Wildman–Crippen LogP) is 1.35. The maximum atomic E-state index is 3.78. The highest BCUT2D eigenvalue weighted by molar-refractivity contribution is 4.82. The first-order valence-electron chi connectivity index (χ1n) is 5.31. The Balaban J connectivity index is 2.22. The third-order valence-corrected chi connectivity index (χ3v) is 3.00. The quantitative estimate of drug-likeness (QED) is 0.624. The van der Waals surface area contributed by atoms with Crippen molar-refractivity contribution in [2.45, 2.75) is 13.8 Å². The van der Waals surface area contributed by atoms with Crippen molar-refractivity contribution in [1.29, 1.82) is 0 Å². The van der Waals surface area contributed by atoms with E-state index in [1.807, 2.05) is 6.08 Å². The molecule has 0 aromatic heterocycles. The predicted molar refractivity (Wildman–Crippen MR) is 57.8 cm³/mol. The van der Waals surface area contributed by atoms with E-state index in [1.165, 1.54) is 19.6 Å². The molecule has 2 heteroatoms. The van der Waals surface area contributed by atoms with E-state index in [0.717, 1.165) is 24.9 Å². The zero-order chi connectivity index (χ0) is 9.68. The van der Waals surface area contributed by atoms with Gasteiger partial charge in [0.25, 0.3) is 0 Å². The van der Waals surface area contributed by atoms with Gasteiger partial charge in [-0.1, -0.05) is 19.9 Å². The lowest BCUT2D eigenvalue weighted by molar-refractivity contribution is 0.180. The molecule has 0 spiro atoms. The molecule has 0 aliphatic carbocycles. The lowest BCUT2D eigenvalue weighted by Crippen LogP contribution is -2.48. The maximum absolute atomic E-state index is 3.78. The summed E-state index contributed by atoms with van der Waals surface area (Å²) in [5, 5.41) is 3.33. The van der Waals surface area contributed by atoms with E-state index in [2.05, 4.69) is 30.6 Å². The van der Waals surface area contributed by atoms with E-state index >= 15 is 0 Å². The highest BCUT2D eigenvalue weighted by Gasteiger charge is 2.24. The molecule has 13 heavy (non-hydrogen) atoms. The molecule has 1 heterocycles. The molecule has 0 saturated carbocycles. The zero-order valence-electron chi connectivity index (χ0n) is 8.92. The van der Waals surface area contributed by atoms with Crippen LogP contribution in [0, 0.1) is 11.8 Å². The molecule has 76 valence electrons. The van der Waals surface area contributed by atoms with Gasteiger partial charge in [-0.15, -0.1) is 6.58 Å². The fraction of sp³-hybridized carbons (Fsp3) is 0.818. The minimum Gasteiger partial charge on any atom is -0.316 e. The zero-order valence-corrected chi connectivity index (χ0v) is 8.92. The van der Waals surface area contributed by atoms with Gasteiger partial charge in [-0.2, -0.15) is 0 Å². The summed E-state index contributed by atoms with van der Waals surface area (Å²) in [4.78, 5) is 2.45. The van der Waals surface area contributed by atoms with Crippen molar-refractivity contribution in [3.8, 4) is 0 Å². The van der Waals surface area contributed by atoms with Gasteiger partial charge in [0.05, 0.1) is 0 Å². The minimum absolute atomic E-state index is 0.821. The number of hydrogen-bond donors (Lipinski definition) is 1. The highest BCUT2D eigenvalue weighted by atomic mass is 15.1. The van der Waals surface area contributed by atoms with E-state index in [0.29, 0.717) is 0 Å². The molecule has 1 aliphatic rings. The van der Waals surface area contributed by atoms with Gasteiger partial charge < -0.3 is 5.32 Å². The van der Waals surface area contributed by atoms with Crippen LogP contribution in [0.5, 0.6) is 0 Å². The Morgan fingerprint density at radius 1 is 1.62 bits per heavy atom. The van der Waals surface area contributed by atoms with Crippen molar-refractivity contribution in [1.82, 2.24) is 10.2 Å². The summed E-state index contributed by atoms with van der Waals surface area (Å²) in [6, 6.07) is 0. The molecule has 0 radical (unpaired) electrons. The average Bonchev–Trinajstić information content (AvgIpc) is 2.00. The van der Waals surface area contributed by atoms with Crippen LogP contribution in [0.25, 0.3) is 0 Å². The molecule has 1 N–H and O–H groups in total. The topological polar surface area (TPSA) is 15.3 Å². The van der Waals surface area contributed by atoms with Crippen LogP contribution in [-0.4, -0.2) is 37.6 Å². The third kappa shape index (κ3) is 3.12. The smallest absolute Gasteiger partial charge is 0.0160 e. The Labute approximate surface area is 82.0 Å². The first-order chi connectivity index (χ1) is 6.27. The van der Waals surface area contributed by atoms with Crippen LogP contribution in [0.15, 0.2) is 12.7 Å². The largest absolute Gasteiger partial charge is 0.316 e. The molecular formula is C11H22N2. The summed E-state index contributed by atoms with van der Waals surface area (Å²) in [7, 11) is 0. The van der Waals surface area contributed by atoms with Gasteiger partial charge in [0.1, 0.15) is 0 Å². The van der Waals surface area contributed by atoms with Gasteiger partial charge in [-0.25, -0.2) is 0 Å². The normalized spacial score (nSPS) is 19.9. The maximum Gasteiger partial charge on any atom is 0.0160 e. The van der Waals surface area contributed by atoms with Crippen LogP contribution in [0.4, 0.5) is 0 Å². The van der Waals surface area contributed by atoms with E-state index in [-0.39, 0.29) is 0 Å². The number of nitrogens with one attached hydrogen (secondary N) is 1. The van der Waals surface area contributed by atoms with Crippen LogP contribution >= 0.6 is 0 Å². The van der Waals surface area contributed by atoms with E-state index in [4.69, 9.17) is 0 Å². The summed E-state index contributed by atoms with van der Waals surface area (Å²) >= 11 is 0. The standard InChI is InChI=1S/C11H22N2/c1-4-6-13(5-2)9-10(3)11-7-12-8-11/h4,10-12H,1,5-9H2,2-3H3. The number of likely N-dealkylation sites (N-methyl/N-ethyl adjacent to an activating group) is 1. The lowest BCUT2D eigenvalue weighted by Gasteiger charge is -2.35. The van der Waals surface area contributed by atoms with Gasteiger partial charge in [-0.05, 0) is 31.5 Å². The van der Waals surface area contributed by atoms with Gasteiger partial charge in [0.2, 0.25) is 0 Å². The number of hydrogen-bond acceptors (Lipinski definition) is 2. The van der Waals surface area contributed by atoms with E-state index < -0.39 is 0 Å². The Morgan fingerprint density at radius 2 is 2.31 bits per heavy atom. The van der Waals surface area contributed by atoms with Crippen molar-refractivity contribution < 1.29 is 0 Å². The van der Waals surface area contributed by atoms with Crippen LogP contribution in [0.3, 0.4) is 0 Å². The molecule has 1 fully saturated rings. The van der Waals surface area contributed by atoms with Crippen LogP contribution in [0.2, 0.25) is 0 Å². The Kier molecular flexibility index (Phi) is 4.46. The van der Waals surface area contributed by atoms with Gasteiger partial charge >= 0.3 is 0 Å².